The number of piperazine rings is 1. The molecule has 1 saturated heterocycles. The van der Waals surface area contributed by atoms with Gasteiger partial charge in [-0.3, -0.25) is 0 Å². The quantitative estimate of drug-likeness (QED) is 0.790. The first-order chi connectivity index (χ1) is 8.83. The van der Waals surface area contributed by atoms with E-state index in [-0.39, 0.29) is 0 Å². The van der Waals surface area contributed by atoms with Crippen molar-refractivity contribution in [3.05, 3.63) is 28.6 Å². The van der Waals surface area contributed by atoms with Crippen molar-refractivity contribution in [1.82, 2.24) is 15.0 Å². The molecule has 0 unspecified atom stereocenters. The molecule has 3 rings (SSSR count). The molecule has 1 aliphatic heterocycles. The molecular formula is C11H12BrN5S. The van der Waals surface area contributed by atoms with Crippen LogP contribution in [0.5, 0.6) is 0 Å². The molecule has 2 aromatic heterocycles. The minimum absolute atomic E-state index is 0.829. The predicted octanol–water partition coefficient (Wildman–Crippen LogP) is 2.02. The molecule has 0 aromatic carbocycles. The molecule has 18 heavy (non-hydrogen) atoms. The van der Waals surface area contributed by atoms with Gasteiger partial charge in [0.05, 0.1) is 0 Å². The van der Waals surface area contributed by atoms with E-state index in [0.717, 1.165) is 41.7 Å². The maximum absolute atomic E-state index is 4.34. The first-order valence-electron chi connectivity index (χ1n) is 5.70. The number of thiazole rings is 1. The molecule has 0 radical (unpaired) electrons. The monoisotopic (exact) mass is 325 g/mol. The van der Waals surface area contributed by atoms with Crippen LogP contribution >= 0.6 is 27.3 Å². The van der Waals surface area contributed by atoms with Crippen LogP contribution in [0.25, 0.3) is 0 Å². The molecule has 1 aliphatic rings. The van der Waals surface area contributed by atoms with Gasteiger partial charge in [-0.2, -0.15) is 0 Å². The Balaban J connectivity index is 1.67. The highest BCUT2D eigenvalue weighted by atomic mass is 79.9. The molecule has 0 atom stereocenters. The molecular weight excluding hydrogens is 314 g/mol. The first-order valence-corrected chi connectivity index (χ1v) is 7.37. The van der Waals surface area contributed by atoms with Crippen LogP contribution in [0.3, 0.4) is 0 Å². The summed E-state index contributed by atoms with van der Waals surface area (Å²) in [4.78, 5) is 17.3. The highest BCUT2D eigenvalue weighted by Crippen LogP contribution is 2.21. The van der Waals surface area contributed by atoms with Crippen molar-refractivity contribution in [3.8, 4) is 0 Å². The Morgan fingerprint density at radius 2 is 1.83 bits per heavy atom. The maximum Gasteiger partial charge on any atom is 0.185 e. The van der Waals surface area contributed by atoms with E-state index >= 15 is 0 Å². The van der Waals surface area contributed by atoms with Gasteiger partial charge in [0, 0.05) is 43.8 Å². The smallest absolute Gasteiger partial charge is 0.185 e. The van der Waals surface area contributed by atoms with Crippen molar-refractivity contribution < 1.29 is 0 Å². The van der Waals surface area contributed by atoms with Crippen LogP contribution in [0.2, 0.25) is 0 Å². The zero-order valence-electron chi connectivity index (χ0n) is 9.66. The summed E-state index contributed by atoms with van der Waals surface area (Å²) in [6.07, 6.45) is 3.44. The fourth-order valence-corrected chi connectivity index (χ4v) is 2.99. The highest BCUT2D eigenvalue weighted by Gasteiger charge is 2.19. The topological polar surface area (TPSA) is 45.2 Å². The molecule has 0 saturated carbocycles. The Kier molecular flexibility index (Phi) is 3.42. The van der Waals surface area contributed by atoms with Crippen molar-refractivity contribution in [2.75, 3.05) is 36.0 Å². The van der Waals surface area contributed by atoms with Gasteiger partial charge in [0.15, 0.2) is 5.13 Å². The lowest BCUT2D eigenvalue weighted by Crippen LogP contribution is -2.46. The minimum Gasteiger partial charge on any atom is -0.353 e. The zero-order valence-corrected chi connectivity index (χ0v) is 12.1. The maximum atomic E-state index is 4.34. The molecule has 0 aliphatic carbocycles. The van der Waals surface area contributed by atoms with Crippen molar-refractivity contribution in [2.24, 2.45) is 0 Å². The Labute approximate surface area is 118 Å². The number of hydrogen-bond acceptors (Lipinski definition) is 6. The Hall–Kier alpha value is -1.21. The van der Waals surface area contributed by atoms with E-state index in [1.807, 2.05) is 17.6 Å². The second-order valence-corrected chi connectivity index (χ2v) is 5.67. The van der Waals surface area contributed by atoms with Gasteiger partial charge in [0.1, 0.15) is 16.7 Å². The van der Waals surface area contributed by atoms with Crippen LogP contribution in [0.15, 0.2) is 28.6 Å². The molecule has 0 spiro atoms. The van der Waals surface area contributed by atoms with Gasteiger partial charge >= 0.3 is 0 Å². The van der Waals surface area contributed by atoms with Gasteiger partial charge in [0.25, 0.3) is 0 Å². The standard InChI is InChI=1S/C11H12BrN5S/c12-9-7-10(15-8-14-9)16-2-4-17(5-3-16)11-13-1-6-18-11/h1,6-8H,2-5H2. The minimum atomic E-state index is 0.829. The van der Waals surface area contributed by atoms with E-state index in [9.17, 15) is 0 Å². The number of aromatic nitrogens is 3. The molecule has 0 N–H and O–H groups in total. The summed E-state index contributed by atoms with van der Waals surface area (Å²) in [6, 6.07) is 1.96. The third-order valence-electron chi connectivity index (χ3n) is 2.91. The lowest BCUT2D eigenvalue weighted by atomic mass is 10.3. The summed E-state index contributed by atoms with van der Waals surface area (Å²) in [5, 5.41) is 3.13. The average molecular weight is 326 g/mol. The van der Waals surface area contributed by atoms with Gasteiger partial charge in [-0.05, 0) is 15.9 Å². The van der Waals surface area contributed by atoms with Crippen molar-refractivity contribution in [2.45, 2.75) is 0 Å². The zero-order chi connectivity index (χ0) is 12.4. The van der Waals surface area contributed by atoms with E-state index in [0.29, 0.717) is 0 Å². The predicted molar refractivity (Wildman–Crippen MR) is 76.3 cm³/mol. The van der Waals surface area contributed by atoms with Crippen LogP contribution in [-0.4, -0.2) is 41.1 Å². The molecule has 94 valence electrons. The molecule has 1 fully saturated rings. The van der Waals surface area contributed by atoms with Gasteiger partial charge in [-0.1, -0.05) is 0 Å². The third kappa shape index (κ3) is 2.46. The lowest BCUT2D eigenvalue weighted by molar-refractivity contribution is 0.645. The largest absolute Gasteiger partial charge is 0.353 e. The van der Waals surface area contributed by atoms with Crippen molar-refractivity contribution in [1.29, 1.82) is 0 Å². The first kappa shape index (κ1) is 11.9. The summed E-state index contributed by atoms with van der Waals surface area (Å²) in [7, 11) is 0. The van der Waals surface area contributed by atoms with Gasteiger partial charge in [-0.25, -0.2) is 15.0 Å². The number of halogens is 1. The van der Waals surface area contributed by atoms with E-state index in [4.69, 9.17) is 0 Å². The molecule has 0 amide bonds. The summed E-state index contributed by atoms with van der Waals surface area (Å²) in [6.45, 7) is 3.89. The van der Waals surface area contributed by atoms with Gasteiger partial charge in [0.2, 0.25) is 0 Å². The van der Waals surface area contributed by atoms with E-state index < -0.39 is 0 Å². The number of nitrogens with zero attached hydrogens (tertiary/aromatic N) is 5. The summed E-state index contributed by atoms with van der Waals surface area (Å²) < 4.78 is 0.829. The van der Waals surface area contributed by atoms with Crippen LogP contribution in [-0.2, 0) is 0 Å². The Morgan fingerprint density at radius 3 is 2.50 bits per heavy atom. The van der Waals surface area contributed by atoms with Crippen molar-refractivity contribution in [3.63, 3.8) is 0 Å². The Morgan fingerprint density at radius 1 is 1.06 bits per heavy atom. The Bertz CT molecular complexity index is 510. The summed E-state index contributed by atoms with van der Waals surface area (Å²) >= 11 is 5.07. The van der Waals surface area contributed by atoms with Gasteiger partial charge in [-0.15, -0.1) is 11.3 Å². The van der Waals surface area contributed by atoms with Crippen molar-refractivity contribution >= 4 is 38.2 Å². The van der Waals surface area contributed by atoms with Crippen LogP contribution in [0.4, 0.5) is 10.9 Å². The van der Waals surface area contributed by atoms with E-state index in [1.165, 1.54) is 0 Å². The van der Waals surface area contributed by atoms with Crippen LogP contribution in [0, 0.1) is 0 Å². The van der Waals surface area contributed by atoms with Gasteiger partial charge < -0.3 is 9.80 Å². The SMILES string of the molecule is Brc1cc(N2CCN(c3nccs3)CC2)ncn1. The summed E-state index contributed by atoms with van der Waals surface area (Å²) in [5.41, 5.74) is 0. The van der Waals surface area contributed by atoms with Crippen LogP contribution < -0.4 is 9.80 Å². The lowest BCUT2D eigenvalue weighted by Gasteiger charge is -2.35. The molecule has 7 heteroatoms. The molecule has 5 nitrogen and oxygen atoms in total. The highest BCUT2D eigenvalue weighted by molar-refractivity contribution is 9.10. The fraction of sp³-hybridized carbons (Fsp3) is 0.364. The van der Waals surface area contributed by atoms with E-state index in [2.05, 4.69) is 40.7 Å². The number of hydrogen-bond donors (Lipinski definition) is 0. The number of anilines is 2. The normalized spacial score (nSPS) is 16.1. The number of rotatable bonds is 2. The molecule has 0 bridgehead atoms. The van der Waals surface area contributed by atoms with Crippen LogP contribution in [0.1, 0.15) is 0 Å². The second kappa shape index (κ2) is 5.19. The third-order valence-corrected chi connectivity index (χ3v) is 4.18. The molecule has 3 heterocycles. The van der Waals surface area contributed by atoms with E-state index in [1.54, 1.807) is 17.7 Å². The second-order valence-electron chi connectivity index (χ2n) is 3.99. The fourth-order valence-electron chi connectivity index (χ4n) is 2.00. The summed E-state index contributed by atoms with van der Waals surface area (Å²) in [5.74, 6) is 0.982. The molecule has 2 aromatic rings. The average Bonchev–Trinajstić information content (AvgIpc) is 2.93.